The van der Waals surface area contributed by atoms with E-state index in [-0.39, 0.29) is 11.7 Å². The number of ether oxygens (including phenoxy) is 1. The summed E-state index contributed by atoms with van der Waals surface area (Å²) in [6.45, 7) is 8.01. The van der Waals surface area contributed by atoms with Gasteiger partial charge in [0.15, 0.2) is 0 Å². The van der Waals surface area contributed by atoms with E-state index < -0.39 is 5.97 Å². The van der Waals surface area contributed by atoms with Crippen molar-refractivity contribution in [1.29, 1.82) is 0 Å². The maximum absolute atomic E-state index is 10.9. The first-order chi connectivity index (χ1) is 8.60. The number of aromatic carboxylic acids is 1. The molecule has 1 atom stereocenters. The van der Waals surface area contributed by atoms with Crippen molar-refractivity contribution in [3.05, 3.63) is 17.5 Å². The standard InChI is InChI=1S/C12H19N3O3/c1-3-14-4-5-18-10(6-14)7-15-8-11(12(16)17)9(2)13-15/h8,10H,3-7H2,1-2H3,(H,16,17). The molecule has 1 aromatic rings. The minimum absolute atomic E-state index is 0.0830. The molecule has 6 heteroatoms. The van der Waals surface area contributed by atoms with Gasteiger partial charge in [0.1, 0.15) is 5.56 Å². The van der Waals surface area contributed by atoms with Gasteiger partial charge in [0, 0.05) is 19.3 Å². The summed E-state index contributed by atoms with van der Waals surface area (Å²) in [7, 11) is 0. The van der Waals surface area contributed by atoms with Crippen LogP contribution in [0.1, 0.15) is 23.0 Å². The minimum atomic E-state index is -0.932. The molecular formula is C12H19N3O3. The van der Waals surface area contributed by atoms with Gasteiger partial charge in [0.25, 0.3) is 0 Å². The highest BCUT2D eigenvalue weighted by atomic mass is 16.5. The van der Waals surface area contributed by atoms with E-state index in [4.69, 9.17) is 9.84 Å². The maximum atomic E-state index is 10.9. The number of hydrogen-bond acceptors (Lipinski definition) is 4. The Bertz CT molecular complexity index is 430. The number of likely N-dealkylation sites (N-methyl/N-ethyl adjacent to an activating group) is 1. The average molecular weight is 253 g/mol. The van der Waals surface area contributed by atoms with E-state index in [0.29, 0.717) is 12.2 Å². The second kappa shape index (κ2) is 5.49. The van der Waals surface area contributed by atoms with Gasteiger partial charge in [-0.3, -0.25) is 9.58 Å². The van der Waals surface area contributed by atoms with Crippen LogP contribution in [0.4, 0.5) is 0 Å². The van der Waals surface area contributed by atoms with Gasteiger partial charge in [-0.2, -0.15) is 5.10 Å². The van der Waals surface area contributed by atoms with Crippen molar-refractivity contribution in [2.75, 3.05) is 26.2 Å². The molecule has 1 aliphatic heterocycles. The Kier molecular flexibility index (Phi) is 3.98. The van der Waals surface area contributed by atoms with Gasteiger partial charge < -0.3 is 9.84 Å². The largest absolute Gasteiger partial charge is 0.478 e. The summed E-state index contributed by atoms with van der Waals surface area (Å²) in [5.74, 6) is -0.932. The Morgan fingerprint density at radius 1 is 1.67 bits per heavy atom. The fraction of sp³-hybridized carbons (Fsp3) is 0.667. The van der Waals surface area contributed by atoms with Crippen LogP contribution in [0.3, 0.4) is 0 Å². The minimum Gasteiger partial charge on any atom is -0.478 e. The lowest BCUT2D eigenvalue weighted by molar-refractivity contribution is -0.0358. The summed E-state index contributed by atoms with van der Waals surface area (Å²) >= 11 is 0. The topological polar surface area (TPSA) is 67.6 Å². The molecule has 18 heavy (non-hydrogen) atoms. The van der Waals surface area contributed by atoms with Crippen molar-refractivity contribution in [2.45, 2.75) is 26.5 Å². The van der Waals surface area contributed by atoms with Gasteiger partial charge >= 0.3 is 5.97 Å². The molecule has 0 saturated carbocycles. The average Bonchev–Trinajstić information content (AvgIpc) is 2.70. The fourth-order valence-electron chi connectivity index (χ4n) is 2.21. The van der Waals surface area contributed by atoms with Crippen LogP contribution >= 0.6 is 0 Å². The van der Waals surface area contributed by atoms with Gasteiger partial charge in [-0.25, -0.2) is 4.79 Å². The predicted octanol–water partition coefficient (Wildman–Crippen LogP) is 0.610. The van der Waals surface area contributed by atoms with Gasteiger partial charge in [-0.05, 0) is 13.5 Å². The highest BCUT2D eigenvalue weighted by Crippen LogP contribution is 2.10. The van der Waals surface area contributed by atoms with E-state index in [1.54, 1.807) is 17.8 Å². The lowest BCUT2D eigenvalue weighted by Crippen LogP contribution is -2.44. The number of hydrogen-bond donors (Lipinski definition) is 1. The molecule has 1 fully saturated rings. The molecule has 1 saturated heterocycles. The van der Waals surface area contributed by atoms with Crippen LogP contribution in [0.5, 0.6) is 0 Å². The number of carbonyl (C=O) groups is 1. The van der Waals surface area contributed by atoms with Crippen molar-refractivity contribution in [1.82, 2.24) is 14.7 Å². The van der Waals surface area contributed by atoms with Gasteiger partial charge in [-0.15, -0.1) is 0 Å². The smallest absolute Gasteiger partial charge is 0.339 e. The van der Waals surface area contributed by atoms with Gasteiger partial charge in [0.05, 0.1) is 24.9 Å². The van der Waals surface area contributed by atoms with E-state index in [2.05, 4.69) is 16.9 Å². The third kappa shape index (κ3) is 2.88. The highest BCUT2D eigenvalue weighted by Gasteiger charge is 2.21. The second-order valence-electron chi connectivity index (χ2n) is 4.54. The van der Waals surface area contributed by atoms with Crippen molar-refractivity contribution >= 4 is 5.97 Å². The predicted molar refractivity (Wildman–Crippen MR) is 65.8 cm³/mol. The SMILES string of the molecule is CCN1CCOC(Cn2cc(C(=O)O)c(C)n2)C1. The Morgan fingerprint density at radius 2 is 2.44 bits per heavy atom. The summed E-state index contributed by atoms with van der Waals surface area (Å²) in [5, 5.41) is 13.2. The Balaban J connectivity index is 2.00. The summed E-state index contributed by atoms with van der Waals surface area (Å²) < 4.78 is 7.34. The van der Waals surface area contributed by atoms with E-state index >= 15 is 0 Å². The highest BCUT2D eigenvalue weighted by molar-refractivity contribution is 5.88. The Morgan fingerprint density at radius 3 is 3.06 bits per heavy atom. The number of carboxylic acids is 1. The molecule has 0 spiro atoms. The Hall–Kier alpha value is -1.40. The summed E-state index contributed by atoms with van der Waals surface area (Å²) in [6.07, 6.45) is 1.66. The zero-order valence-corrected chi connectivity index (χ0v) is 10.8. The number of carboxylic acid groups (broad SMARTS) is 1. The normalized spacial score (nSPS) is 21.1. The van der Waals surface area contributed by atoms with E-state index in [9.17, 15) is 4.79 Å². The Labute approximate surface area is 106 Å². The molecule has 2 rings (SSSR count). The molecule has 2 heterocycles. The van der Waals surface area contributed by atoms with E-state index in [1.807, 2.05) is 0 Å². The molecule has 0 aliphatic carbocycles. The molecule has 0 amide bonds. The number of aromatic nitrogens is 2. The monoisotopic (exact) mass is 253 g/mol. The molecule has 1 N–H and O–H groups in total. The number of morpholine rings is 1. The molecule has 0 bridgehead atoms. The molecule has 0 aromatic carbocycles. The van der Waals surface area contributed by atoms with Crippen LogP contribution in [0.15, 0.2) is 6.20 Å². The van der Waals surface area contributed by atoms with Crippen LogP contribution in [0.25, 0.3) is 0 Å². The zero-order chi connectivity index (χ0) is 13.1. The number of nitrogens with zero attached hydrogens (tertiary/aromatic N) is 3. The van der Waals surface area contributed by atoms with Crippen molar-refractivity contribution in [2.24, 2.45) is 0 Å². The molecule has 1 aromatic heterocycles. The molecule has 1 aliphatic rings. The van der Waals surface area contributed by atoms with Crippen LogP contribution < -0.4 is 0 Å². The third-order valence-corrected chi connectivity index (χ3v) is 3.24. The summed E-state index contributed by atoms with van der Waals surface area (Å²) in [5.41, 5.74) is 0.809. The third-order valence-electron chi connectivity index (χ3n) is 3.24. The molecular weight excluding hydrogens is 234 g/mol. The van der Waals surface area contributed by atoms with Crippen LogP contribution in [-0.4, -0.2) is 58.1 Å². The first-order valence-electron chi connectivity index (χ1n) is 6.21. The van der Waals surface area contributed by atoms with Crippen LogP contribution in [-0.2, 0) is 11.3 Å². The first kappa shape index (κ1) is 13.0. The van der Waals surface area contributed by atoms with Crippen molar-refractivity contribution < 1.29 is 14.6 Å². The van der Waals surface area contributed by atoms with E-state index in [1.165, 1.54) is 0 Å². The van der Waals surface area contributed by atoms with Crippen LogP contribution in [0.2, 0.25) is 0 Å². The lowest BCUT2D eigenvalue weighted by atomic mass is 10.2. The first-order valence-corrected chi connectivity index (χ1v) is 6.21. The molecule has 1 unspecified atom stereocenters. The zero-order valence-electron chi connectivity index (χ0n) is 10.8. The summed E-state index contributed by atoms with van der Waals surface area (Å²) in [6, 6.07) is 0. The fourth-order valence-corrected chi connectivity index (χ4v) is 2.21. The maximum Gasteiger partial charge on any atom is 0.339 e. The summed E-state index contributed by atoms with van der Waals surface area (Å²) in [4.78, 5) is 13.3. The van der Waals surface area contributed by atoms with Crippen molar-refractivity contribution in [3.8, 4) is 0 Å². The van der Waals surface area contributed by atoms with Crippen LogP contribution in [0, 0.1) is 6.92 Å². The van der Waals surface area contributed by atoms with Gasteiger partial charge in [-0.1, -0.05) is 6.92 Å². The molecule has 100 valence electrons. The second-order valence-corrected chi connectivity index (χ2v) is 4.54. The molecule has 6 nitrogen and oxygen atoms in total. The number of aryl methyl sites for hydroxylation is 1. The molecule has 0 radical (unpaired) electrons. The van der Waals surface area contributed by atoms with Gasteiger partial charge in [0.2, 0.25) is 0 Å². The lowest BCUT2D eigenvalue weighted by Gasteiger charge is -2.31. The van der Waals surface area contributed by atoms with Crippen molar-refractivity contribution in [3.63, 3.8) is 0 Å². The quantitative estimate of drug-likeness (QED) is 0.851. The number of rotatable bonds is 4. The van der Waals surface area contributed by atoms with E-state index in [0.717, 1.165) is 26.2 Å².